The lowest BCUT2D eigenvalue weighted by molar-refractivity contribution is -0.115. The van der Waals surface area contributed by atoms with Gasteiger partial charge in [-0.3, -0.25) is 4.79 Å². The number of aromatic nitrogens is 3. The van der Waals surface area contributed by atoms with Crippen LogP contribution >= 0.6 is 23.1 Å². The largest absolute Gasteiger partial charge is 0.463 e. The predicted octanol–water partition coefficient (Wildman–Crippen LogP) is 5.97. The van der Waals surface area contributed by atoms with E-state index in [1.165, 1.54) is 28.7 Å². The highest BCUT2D eigenvalue weighted by molar-refractivity contribution is 7.99. The van der Waals surface area contributed by atoms with Crippen LogP contribution in [0.1, 0.15) is 12.0 Å². The molecule has 7 nitrogen and oxygen atoms in total. The Kier molecular flexibility index (Phi) is 5.35. The molecule has 0 saturated heterocycles. The summed E-state index contributed by atoms with van der Waals surface area (Å²) in [6.45, 7) is 2.04. The maximum absolute atomic E-state index is 12.4. The van der Waals surface area contributed by atoms with Crippen molar-refractivity contribution < 1.29 is 13.6 Å². The summed E-state index contributed by atoms with van der Waals surface area (Å²) in [4.78, 5) is 24.8. The van der Waals surface area contributed by atoms with Gasteiger partial charge in [-0.05, 0) is 48.9 Å². The van der Waals surface area contributed by atoms with Gasteiger partial charge in [-0.15, -0.1) is 0 Å². The van der Waals surface area contributed by atoms with Gasteiger partial charge in [0.1, 0.15) is 11.4 Å². The van der Waals surface area contributed by atoms with E-state index in [2.05, 4.69) is 26.3 Å². The van der Waals surface area contributed by atoms with E-state index < -0.39 is 0 Å². The average Bonchev–Trinajstić information content (AvgIpc) is 3.52. The Bertz CT molecular complexity index is 1270. The minimum absolute atomic E-state index is 0.0765. The van der Waals surface area contributed by atoms with Crippen LogP contribution in [0, 0.1) is 6.92 Å². The highest BCUT2D eigenvalue weighted by Gasteiger charge is 2.18. The number of hydrogen-bond donors (Lipinski definition) is 2. The van der Waals surface area contributed by atoms with Crippen molar-refractivity contribution in [3.05, 3.63) is 60.6 Å². The third-order valence-electron chi connectivity index (χ3n) is 4.56. The molecular weight excluding hydrogens is 432 g/mol. The molecular formula is C22H18N4O3S2. The zero-order valence-electron chi connectivity index (χ0n) is 16.5. The lowest BCUT2D eigenvalue weighted by Crippen LogP contribution is -2.11. The summed E-state index contributed by atoms with van der Waals surface area (Å²) < 4.78 is 12.1. The van der Waals surface area contributed by atoms with E-state index in [1.54, 1.807) is 12.5 Å². The lowest BCUT2D eigenvalue weighted by atomic mass is 10.2. The number of benzene rings is 1. The Balaban J connectivity index is 1.23. The summed E-state index contributed by atoms with van der Waals surface area (Å²) >= 11 is 2.95. The predicted molar refractivity (Wildman–Crippen MR) is 122 cm³/mol. The van der Waals surface area contributed by atoms with Gasteiger partial charge >= 0.3 is 0 Å². The first-order chi connectivity index (χ1) is 15.2. The third-order valence-corrected chi connectivity index (χ3v) is 6.37. The third kappa shape index (κ3) is 4.28. The van der Waals surface area contributed by atoms with Crippen molar-refractivity contribution in [2.24, 2.45) is 0 Å². The topological polar surface area (TPSA) is 97.0 Å². The number of anilines is 1. The first-order valence-electron chi connectivity index (χ1n) is 9.63. The number of carbonyl (C=O) groups is 1. The SMILES string of the molecule is Cc1ccc2nc(NC(=O)CCSc3nc(-c4ccco4)c(-c4ccco4)[nH]3)sc2c1. The van der Waals surface area contributed by atoms with Crippen LogP contribution < -0.4 is 5.32 Å². The number of nitrogens with one attached hydrogen (secondary N) is 2. The van der Waals surface area contributed by atoms with Gasteiger partial charge < -0.3 is 19.1 Å². The molecule has 5 rings (SSSR count). The summed E-state index contributed by atoms with van der Waals surface area (Å²) in [6, 6.07) is 13.4. The Morgan fingerprint density at radius 1 is 1.13 bits per heavy atom. The number of nitrogens with zero attached hydrogens (tertiary/aromatic N) is 2. The van der Waals surface area contributed by atoms with Gasteiger partial charge in [-0.25, -0.2) is 9.97 Å². The van der Waals surface area contributed by atoms with E-state index >= 15 is 0 Å². The molecule has 31 heavy (non-hydrogen) atoms. The number of fused-ring (bicyclic) bond motifs is 1. The Morgan fingerprint density at radius 3 is 2.71 bits per heavy atom. The molecule has 4 heterocycles. The second kappa shape index (κ2) is 8.44. The molecule has 156 valence electrons. The fourth-order valence-electron chi connectivity index (χ4n) is 3.12. The van der Waals surface area contributed by atoms with E-state index in [4.69, 9.17) is 8.83 Å². The molecule has 1 aromatic carbocycles. The Hall–Kier alpha value is -3.30. The Morgan fingerprint density at radius 2 is 1.94 bits per heavy atom. The van der Waals surface area contributed by atoms with Crippen LogP contribution in [0.4, 0.5) is 5.13 Å². The molecule has 0 radical (unpaired) electrons. The number of thiazole rings is 1. The molecule has 0 atom stereocenters. The molecule has 0 unspecified atom stereocenters. The van der Waals surface area contributed by atoms with Crippen molar-refractivity contribution in [3.63, 3.8) is 0 Å². The number of amides is 1. The number of rotatable bonds is 7. The maximum atomic E-state index is 12.4. The number of thioether (sulfide) groups is 1. The monoisotopic (exact) mass is 450 g/mol. The van der Waals surface area contributed by atoms with Crippen LogP contribution in [0.3, 0.4) is 0 Å². The highest BCUT2D eigenvalue weighted by Crippen LogP contribution is 2.33. The fourth-order valence-corrected chi connectivity index (χ4v) is 4.91. The number of H-pyrrole nitrogens is 1. The normalized spacial score (nSPS) is 11.3. The molecule has 5 aromatic rings. The van der Waals surface area contributed by atoms with Crippen molar-refractivity contribution in [1.29, 1.82) is 0 Å². The molecule has 0 spiro atoms. The molecule has 0 fully saturated rings. The number of carbonyl (C=O) groups excluding carboxylic acids is 1. The highest BCUT2D eigenvalue weighted by atomic mass is 32.2. The van der Waals surface area contributed by atoms with Gasteiger partial charge in [0.15, 0.2) is 21.8 Å². The first-order valence-corrected chi connectivity index (χ1v) is 11.4. The van der Waals surface area contributed by atoms with Crippen molar-refractivity contribution >= 4 is 44.4 Å². The minimum atomic E-state index is -0.0765. The summed E-state index contributed by atoms with van der Waals surface area (Å²) in [7, 11) is 0. The molecule has 4 aromatic heterocycles. The van der Waals surface area contributed by atoms with Crippen LogP contribution in [0.2, 0.25) is 0 Å². The van der Waals surface area contributed by atoms with Crippen molar-refractivity contribution in [2.75, 3.05) is 11.1 Å². The quantitative estimate of drug-likeness (QED) is 0.297. The molecule has 2 N–H and O–H groups in total. The van der Waals surface area contributed by atoms with Gasteiger partial charge in [-0.1, -0.05) is 29.2 Å². The van der Waals surface area contributed by atoms with Gasteiger partial charge in [-0.2, -0.15) is 0 Å². The molecule has 0 aliphatic rings. The zero-order chi connectivity index (χ0) is 21.2. The van der Waals surface area contributed by atoms with E-state index in [1.807, 2.05) is 43.3 Å². The molecule has 9 heteroatoms. The Labute approximate surface area is 185 Å². The molecule has 0 aliphatic carbocycles. The molecule has 1 amide bonds. The zero-order valence-corrected chi connectivity index (χ0v) is 18.2. The summed E-state index contributed by atoms with van der Waals surface area (Å²) in [5.74, 6) is 1.82. The van der Waals surface area contributed by atoms with Gasteiger partial charge in [0, 0.05) is 12.2 Å². The number of hydrogen-bond acceptors (Lipinski definition) is 7. The maximum Gasteiger partial charge on any atom is 0.226 e. The van der Waals surface area contributed by atoms with Gasteiger partial charge in [0.2, 0.25) is 5.91 Å². The number of imidazole rings is 1. The summed E-state index contributed by atoms with van der Waals surface area (Å²) in [5, 5.41) is 4.21. The lowest BCUT2D eigenvalue weighted by Gasteiger charge is -2.00. The van der Waals surface area contributed by atoms with Crippen LogP contribution in [0.25, 0.3) is 33.1 Å². The van der Waals surface area contributed by atoms with E-state index in [-0.39, 0.29) is 5.91 Å². The number of furan rings is 2. The average molecular weight is 451 g/mol. The second-order valence-corrected chi connectivity index (χ2v) is 8.97. The van der Waals surface area contributed by atoms with E-state index in [0.29, 0.717) is 39.7 Å². The molecule has 0 aliphatic heterocycles. The fraction of sp³-hybridized carbons (Fsp3) is 0.136. The second-order valence-electron chi connectivity index (χ2n) is 6.86. The van der Waals surface area contributed by atoms with Crippen LogP contribution in [-0.2, 0) is 4.79 Å². The smallest absolute Gasteiger partial charge is 0.226 e. The van der Waals surface area contributed by atoms with E-state index in [0.717, 1.165) is 15.9 Å². The number of aryl methyl sites for hydroxylation is 1. The molecule has 0 saturated carbocycles. The van der Waals surface area contributed by atoms with Crippen LogP contribution in [0.15, 0.2) is 69.0 Å². The number of aromatic amines is 1. The summed E-state index contributed by atoms with van der Waals surface area (Å²) in [5.41, 5.74) is 3.49. The van der Waals surface area contributed by atoms with Crippen LogP contribution in [0.5, 0.6) is 0 Å². The standard InChI is InChI=1S/C22H18N4O3S2/c1-13-6-7-14-17(12-13)31-22(23-14)24-18(27)8-11-30-21-25-19(15-4-2-9-28-15)20(26-21)16-5-3-10-29-16/h2-7,9-10,12H,8,11H2,1H3,(H,25,26)(H,23,24,27). The van der Waals surface area contributed by atoms with Crippen molar-refractivity contribution in [1.82, 2.24) is 15.0 Å². The van der Waals surface area contributed by atoms with E-state index in [9.17, 15) is 4.79 Å². The van der Waals surface area contributed by atoms with Crippen molar-refractivity contribution in [3.8, 4) is 22.9 Å². The first kappa shape index (κ1) is 19.7. The summed E-state index contributed by atoms with van der Waals surface area (Å²) in [6.07, 6.45) is 3.56. The van der Waals surface area contributed by atoms with Gasteiger partial charge in [0.05, 0.1) is 22.7 Å². The van der Waals surface area contributed by atoms with Crippen LogP contribution in [-0.4, -0.2) is 26.6 Å². The molecule has 0 bridgehead atoms. The van der Waals surface area contributed by atoms with Gasteiger partial charge in [0.25, 0.3) is 0 Å². The minimum Gasteiger partial charge on any atom is -0.463 e. The van der Waals surface area contributed by atoms with Crippen molar-refractivity contribution in [2.45, 2.75) is 18.5 Å².